The number of hydrogen-bond acceptors (Lipinski definition) is 4. The Hall–Kier alpha value is -2.53. The van der Waals surface area contributed by atoms with E-state index in [2.05, 4.69) is 0 Å². The first-order chi connectivity index (χ1) is 10.1. The smallest absolute Gasteiger partial charge is 0.339 e. The van der Waals surface area contributed by atoms with E-state index < -0.39 is 10.1 Å². The zero-order valence-electron chi connectivity index (χ0n) is 11.1. The van der Waals surface area contributed by atoms with Crippen molar-refractivity contribution in [3.05, 3.63) is 66.7 Å². The second-order valence-corrected chi connectivity index (χ2v) is 6.10. The summed E-state index contributed by atoms with van der Waals surface area (Å²) in [6.07, 6.45) is 0. The predicted molar refractivity (Wildman–Crippen MR) is 82.6 cm³/mol. The molecule has 0 fully saturated rings. The van der Waals surface area contributed by atoms with Crippen molar-refractivity contribution in [2.75, 3.05) is 5.73 Å². The van der Waals surface area contributed by atoms with Gasteiger partial charge >= 0.3 is 10.1 Å². The zero-order chi connectivity index (χ0) is 14.9. The summed E-state index contributed by atoms with van der Waals surface area (Å²) >= 11 is 0. The summed E-state index contributed by atoms with van der Waals surface area (Å²) in [5.74, 6) is 0.282. The van der Waals surface area contributed by atoms with Crippen LogP contribution in [0, 0.1) is 0 Å². The lowest BCUT2D eigenvalue weighted by Gasteiger charge is -2.09. The fraction of sp³-hybridized carbons (Fsp3) is 0. The van der Waals surface area contributed by atoms with Crippen molar-refractivity contribution in [1.82, 2.24) is 0 Å². The van der Waals surface area contributed by atoms with E-state index in [1.165, 1.54) is 6.07 Å². The summed E-state index contributed by atoms with van der Waals surface area (Å²) in [6, 6.07) is 18.5. The zero-order valence-corrected chi connectivity index (χ0v) is 11.9. The van der Waals surface area contributed by atoms with Gasteiger partial charge in [-0.25, -0.2) is 0 Å². The van der Waals surface area contributed by atoms with Gasteiger partial charge in [0.15, 0.2) is 0 Å². The van der Waals surface area contributed by atoms with Gasteiger partial charge in [0, 0.05) is 11.1 Å². The van der Waals surface area contributed by atoms with Gasteiger partial charge in [-0.2, -0.15) is 8.42 Å². The van der Waals surface area contributed by atoms with Crippen LogP contribution in [0.25, 0.3) is 10.8 Å². The number of nitrogens with two attached hydrogens (primary N) is 1. The highest BCUT2D eigenvalue weighted by Crippen LogP contribution is 2.27. The average Bonchev–Trinajstić information content (AvgIpc) is 2.47. The van der Waals surface area contributed by atoms with Gasteiger partial charge < -0.3 is 9.92 Å². The Morgan fingerprint density at radius 1 is 0.857 bits per heavy atom. The fourth-order valence-electron chi connectivity index (χ4n) is 2.14. The summed E-state index contributed by atoms with van der Waals surface area (Å²) in [6.45, 7) is 0. The molecule has 0 aliphatic rings. The number of benzene rings is 3. The highest BCUT2D eigenvalue weighted by Gasteiger charge is 2.19. The fourth-order valence-corrected chi connectivity index (χ4v) is 3.29. The summed E-state index contributed by atoms with van der Waals surface area (Å²) in [7, 11) is -3.89. The van der Waals surface area contributed by atoms with E-state index in [0.29, 0.717) is 11.1 Å². The van der Waals surface area contributed by atoms with Gasteiger partial charge in [0.25, 0.3) is 0 Å². The molecule has 4 nitrogen and oxygen atoms in total. The number of hydrogen-bond donors (Lipinski definition) is 1. The van der Waals surface area contributed by atoms with E-state index in [-0.39, 0.29) is 10.6 Å². The third kappa shape index (κ3) is 2.68. The first kappa shape index (κ1) is 13.5. The average molecular weight is 299 g/mol. The van der Waals surface area contributed by atoms with Crippen LogP contribution in [-0.4, -0.2) is 8.42 Å². The topological polar surface area (TPSA) is 69.4 Å². The van der Waals surface area contributed by atoms with Crippen molar-refractivity contribution in [3.63, 3.8) is 0 Å². The largest absolute Gasteiger partial charge is 0.399 e. The van der Waals surface area contributed by atoms with Crippen molar-refractivity contribution in [1.29, 1.82) is 0 Å². The van der Waals surface area contributed by atoms with Crippen LogP contribution in [0.2, 0.25) is 0 Å². The van der Waals surface area contributed by atoms with Crippen molar-refractivity contribution < 1.29 is 12.6 Å². The molecule has 0 saturated carbocycles. The Morgan fingerprint density at radius 2 is 1.62 bits per heavy atom. The molecule has 0 spiro atoms. The molecule has 3 rings (SSSR count). The molecule has 0 atom stereocenters. The second kappa shape index (κ2) is 5.10. The van der Waals surface area contributed by atoms with Crippen molar-refractivity contribution in [3.8, 4) is 5.75 Å². The Balaban J connectivity index is 2.11. The molecule has 0 amide bonds. The number of para-hydroxylation sites is 1. The highest BCUT2D eigenvalue weighted by atomic mass is 32.2. The van der Waals surface area contributed by atoms with Gasteiger partial charge in [0.1, 0.15) is 10.6 Å². The molecule has 106 valence electrons. The van der Waals surface area contributed by atoms with Crippen molar-refractivity contribution in [2.45, 2.75) is 4.90 Å². The number of rotatable bonds is 3. The van der Waals surface area contributed by atoms with Crippen LogP contribution in [0.15, 0.2) is 71.6 Å². The maximum absolute atomic E-state index is 12.4. The van der Waals surface area contributed by atoms with E-state index in [1.807, 2.05) is 6.07 Å². The molecule has 0 bridgehead atoms. The minimum Gasteiger partial charge on any atom is -0.399 e. The van der Waals surface area contributed by atoms with Gasteiger partial charge in [-0.05, 0) is 35.7 Å². The van der Waals surface area contributed by atoms with Crippen LogP contribution < -0.4 is 9.92 Å². The third-order valence-electron chi connectivity index (χ3n) is 3.08. The Kier molecular flexibility index (Phi) is 3.27. The number of nitrogen functional groups attached to an aromatic ring is 1. The SMILES string of the molecule is Nc1ccc2c(S(=O)(=O)Oc3ccccc3)cccc2c1. The molecular weight excluding hydrogens is 286 g/mol. The lowest BCUT2D eigenvalue weighted by atomic mass is 10.1. The van der Waals surface area contributed by atoms with Crippen LogP contribution >= 0.6 is 0 Å². The van der Waals surface area contributed by atoms with Crippen molar-refractivity contribution >= 4 is 26.6 Å². The van der Waals surface area contributed by atoms with E-state index in [1.54, 1.807) is 54.6 Å². The Labute approximate surface area is 122 Å². The molecule has 0 aromatic heterocycles. The third-order valence-corrected chi connectivity index (χ3v) is 4.39. The van der Waals surface area contributed by atoms with Gasteiger partial charge in [0.05, 0.1) is 0 Å². The van der Waals surface area contributed by atoms with Crippen molar-refractivity contribution in [2.24, 2.45) is 0 Å². The molecule has 21 heavy (non-hydrogen) atoms. The van der Waals surface area contributed by atoms with Gasteiger partial charge in [-0.15, -0.1) is 0 Å². The minimum atomic E-state index is -3.89. The first-order valence-corrected chi connectivity index (χ1v) is 7.75. The van der Waals surface area contributed by atoms with Crippen LogP contribution in [0.5, 0.6) is 5.75 Å². The second-order valence-electron chi connectivity index (χ2n) is 4.59. The minimum absolute atomic E-state index is 0.129. The summed E-state index contributed by atoms with van der Waals surface area (Å²) in [4.78, 5) is 0.129. The van der Waals surface area contributed by atoms with E-state index in [0.717, 1.165) is 5.39 Å². The molecule has 5 heteroatoms. The van der Waals surface area contributed by atoms with E-state index in [4.69, 9.17) is 9.92 Å². The predicted octanol–water partition coefficient (Wildman–Crippen LogP) is 3.19. The van der Waals surface area contributed by atoms with E-state index >= 15 is 0 Å². The molecular formula is C16H13NO3S. The van der Waals surface area contributed by atoms with Gasteiger partial charge in [-0.3, -0.25) is 0 Å². The van der Waals surface area contributed by atoms with Crippen LogP contribution in [-0.2, 0) is 10.1 Å². The number of fused-ring (bicyclic) bond motifs is 1. The molecule has 2 N–H and O–H groups in total. The molecule has 0 unspecified atom stereocenters. The Morgan fingerprint density at radius 3 is 2.38 bits per heavy atom. The quantitative estimate of drug-likeness (QED) is 0.595. The molecule has 0 aliphatic heterocycles. The highest BCUT2D eigenvalue weighted by molar-refractivity contribution is 7.87. The van der Waals surface area contributed by atoms with Crippen LogP contribution in [0.1, 0.15) is 0 Å². The molecule has 3 aromatic carbocycles. The van der Waals surface area contributed by atoms with Crippen LogP contribution in [0.3, 0.4) is 0 Å². The van der Waals surface area contributed by atoms with Crippen LogP contribution in [0.4, 0.5) is 5.69 Å². The summed E-state index contributed by atoms with van der Waals surface area (Å²) < 4.78 is 30.1. The number of anilines is 1. The van der Waals surface area contributed by atoms with E-state index in [9.17, 15) is 8.42 Å². The normalized spacial score (nSPS) is 11.4. The molecule has 0 heterocycles. The van der Waals surface area contributed by atoms with Gasteiger partial charge in [-0.1, -0.05) is 36.4 Å². The van der Waals surface area contributed by atoms with Gasteiger partial charge in [0.2, 0.25) is 0 Å². The first-order valence-electron chi connectivity index (χ1n) is 6.34. The maximum Gasteiger partial charge on any atom is 0.339 e. The lowest BCUT2D eigenvalue weighted by Crippen LogP contribution is -2.10. The summed E-state index contributed by atoms with van der Waals surface area (Å²) in [5.41, 5.74) is 6.31. The standard InChI is InChI=1S/C16H13NO3S/c17-13-9-10-15-12(11-13)5-4-8-16(15)21(18,19)20-14-6-2-1-3-7-14/h1-11H,17H2. The molecule has 3 aromatic rings. The Bertz CT molecular complexity index is 890. The molecule has 0 radical (unpaired) electrons. The molecule has 0 saturated heterocycles. The molecule has 0 aliphatic carbocycles. The summed E-state index contributed by atoms with van der Waals surface area (Å²) in [5, 5.41) is 1.34. The maximum atomic E-state index is 12.4. The monoisotopic (exact) mass is 299 g/mol. The lowest BCUT2D eigenvalue weighted by molar-refractivity contribution is 0.487.